The summed E-state index contributed by atoms with van der Waals surface area (Å²) in [5, 5.41) is 17.6. The van der Waals surface area contributed by atoms with Gasteiger partial charge in [0.2, 0.25) is 0 Å². The normalized spacial score (nSPS) is 13.6. The molecule has 2 aliphatic heterocycles. The second-order valence-electron chi connectivity index (χ2n) is 17.2. The van der Waals surface area contributed by atoms with Gasteiger partial charge in [-0.15, -0.1) is 10.2 Å². The summed E-state index contributed by atoms with van der Waals surface area (Å²) < 4.78 is 13.7. The molecular formula is C48H38BN3O2. The number of fused-ring (bicyclic) bond motifs is 5. The maximum atomic E-state index is 6.93. The molecule has 6 heteroatoms. The molecular weight excluding hydrogens is 661 g/mol. The maximum Gasteiger partial charge on any atom is 0.260 e. The minimum absolute atomic E-state index is 0.0700. The monoisotopic (exact) mass is 699 g/mol. The predicted molar refractivity (Wildman–Crippen MR) is 223 cm³/mol. The lowest BCUT2D eigenvalue weighted by atomic mass is 9.34. The summed E-state index contributed by atoms with van der Waals surface area (Å²) in [6.45, 7) is 13.3. The Labute approximate surface area is 314 Å². The Morgan fingerprint density at radius 1 is 0.519 bits per heavy atom. The smallest absolute Gasteiger partial charge is 0.260 e. The first kappa shape index (κ1) is 31.4. The quantitative estimate of drug-likeness (QED) is 0.133. The second kappa shape index (κ2) is 10.7. The molecule has 11 rings (SSSR count). The topological polar surface area (TPSA) is 49.2 Å². The molecule has 0 unspecified atom stereocenters. The molecule has 2 aliphatic rings. The van der Waals surface area contributed by atoms with Crippen LogP contribution in [0, 0.1) is 0 Å². The van der Waals surface area contributed by atoms with Gasteiger partial charge >= 0.3 is 0 Å². The minimum Gasteiger partial charge on any atom is -0.458 e. The number of benzene rings is 8. The van der Waals surface area contributed by atoms with E-state index in [2.05, 4.69) is 163 Å². The molecule has 1 aromatic heterocycles. The number of rotatable bonds is 2. The van der Waals surface area contributed by atoms with Crippen molar-refractivity contribution < 1.29 is 9.47 Å². The molecule has 0 radical (unpaired) electrons. The molecule has 5 nitrogen and oxygen atoms in total. The zero-order valence-corrected chi connectivity index (χ0v) is 31.3. The number of aromatic nitrogens is 3. The molecule has 0 saturated carbocycles. The van der Waals surface area contributed by atoms with Crippen LogP contribution < -0.4 is 25.9 Å². The van der Waals surface area contributed by atoms with Gasteiger partial charge in [-0.05, 0) is 113 Å². The van der Waals surface area contributed by atoms with E-state index in [0.29, 0.717) is 0 Å². The van der Waals surface area contributed by atoms with E-state index in [4.69, 9.17) is 19.7 Å². The van der Waals surface area contributed by atoms with Crippen molar-refractivity contribution in [3.63, 3.8) is 0 Å². The van der Waals surface area contributed by atoms with Gasteiger partial charge in [-0.1, -0.05) is 120 Å². The lowest BCUT2D eigenvalue weighted by Crippen LogP contribution is -2.57. The Bertz CT molecular complexity index is 3000. The summed E-state index contributed by atoms with van der Waals surface area (Å²) in [5.41, 5.74) is 10.5. The van der Waals surface area contributed by atoms with E-state index in [-0.39, 0.29) is 17.5 Å². The van der Waals surface area contributed by atoms with Crippen molar-refractivity contribution in [2.75, 3.05) is 0 Å². The highest BCUT2D eigenvalue weighted by atomic mass is 16.5. The average molecular weight is 700 g/mol. The summed E-state index contributed by atoms with van der Waals surface area (Å²) in [5.74, 6) is 3.34. The van der Waals surface area contributed by atoms with Crippen LogP contribution in [0.15, 0.2) is 121 Å². The van der Waals surface area contributed by atoms with Crippen molar-refractivity contribution in [1.82, 2.24) is 15.0 Å². The molecule has 0 bridgehead atoms. The lowest BCUT2D eigenvalue weighted by Gasteiger charge is -2.34. The summed E-state index contributed by atoms with van der Waals surface area (Å²) >= 11 is 0. The van der Waals surface area contributed by atoms with Gasteiger partial charge in [0.25, 0.3) is 6.71 Å². The van der Waals surface area contributed by atoms with Crippen LogP contribution in [0.4, 0.5) is 0 Å². The first-order chi connectivity index (χ1) is 26.0. The fourth-order valence-electron chi connectivity index (χ4n) is 8.70. The fourth-order valence-corrected chi connectivity index (χ4v) is 8.70. The van der Waals surface area contributed by atoms with Crippen LogP contribution >= 0.6 is 0 Å². The minimum atomic E-state index is -0.104. The number of hydrogen-bond donors (Lipinski definition) is 0. The molecule has 8 aromatic carbocycles. The Hall–Kier alpha value is -6.14. The Morgan fingerprint density at radius 3 is 1.81 bits per heavy atom. The van der Waals surface area contributed by atoms with Crippen LogP contribution in [0.25, 0.3) is 60.2 Å². The number of ether oxygens (including phenoxy) is 2. The first-order valence-corrected chi connectivity index (χ1v) is 18.8. The van der Waals surface area contributed by atoms with Gasteiger partial charge in [0, 0.05) is 11.5 Å². The molecule has 0 spiro atoms. The summed E-state index contributed by atoms with van der Waals surface area (Å²) in [7, 11) is 0. The Balaban J connectivity index is 1.08. The molecule has 0 N–H and O–H groups in total. The predicted octanol–water partition coefficient (Wildman–Crippen LogP) is 10.3. The first-order valence-electron chi connectivity index (χ1n) is 18.8. The number of nitrogens with zero attached hydrogens (tertiary/aromatic N) is 3. The van der Waals surface area contributed by atoms with Gasteiger partial charge in [0.05, 0.1) is 5.69 Å². The fraction of sp³-hybridized carbons (Fsp3) is 0.167. The third-order valence-corrected chi connectivity index (χ3v) is 11.7. The largest absolute Gasteiger partial charge is 0.458 e. The molecule has 0 fully saturated rings. The molecule has 0 atom stereocenters. The Kier molecular flexibility index (Phi) is 6.24. The van der Waals surface area contributed by atoms with E-state index in [9.17, 15) is 0 Å². The van der Waals surface area contributed by atoms with Gasteiger partial charge in [0.1, 0.15) is 34.0 Å². The van der Waals surface area contributed by atoms with Crippen LogP contribution in [0.1, 0.15) is 52.7 Å². The second-order valence-corrected chi connectivity index (χ2v) is 17.2. The third-order valence-electron chi connectivity index (χ3n) is 11.7. The zero-order chi connectivity index (χ0) is 36.7. The van der Waals surface area contributed by atoms with E-state index >= 15 is 0 Å². The molecule has 3 heterocycles. The average Bonchev–Trinajstić information content (AvgIpc) is 3.58. The maximum absolute atomic E-state index is 6.93. The van der Waals surface area contributed by atoms with Crippen molar-refractivity contribution in [3.05, 3.63) is 132 Å². The number of hydrogen-bond acceptors (Lipinski definition) is 4. The van der Waals surface area contributed by atoms with E-state index in [1.54, 1.807) is 4.80 Å². The van der Waals surface area contributed by atoms with Crippen LogP contribution in [-0.2, 0) is 10.8 Å². The molecule has 54 heavy (non-hydrogen) atoms. The molecule has 0 saturated heterocycles. The molecule has 9 aromatic rings. The van der Waals surface area contributed by atoms with Crippen LogP contribution in [0.3, 0.4) is 0 Å². The zero-order valence-electron chi connectivity index (χ0n) is 31.3. The van der Waals surface area contributed by atoms with Gasteiger partial charge in [-0.25, -0.2) is 0 Å². The summed E-state index contributed by atoms with van der Waals surface area (Å²) in [6, 6.07) is 44.0. The highest BCUT2D eigenvalue weighted by Gasteiger charge is 2.41. The van der Waals surface area contributed by atoms with Crippen LogP contribution in [0.5, 0.6) is 23.0 Å². The standard InChI is InChI=1S/C48H38BN3O2/c1-47(2,3)31-15-17-33(18-16-31)52-50-38-25-37-41(26-39(38)51-52)54-43-24-32(48(4,5)6)23-42-46(43)49(37)36-21-14-30(22-40(36)53-42)34-19-12-29-11-10-27-8-7-9-28-13-20-35(34)45(29)44(27)28/h7-26H,1-6H3. The highest BCUT2D eigenvalue weighted by Crippen LogP contribution is 2.43. The third kappa shape index (κ3) is 4.59. The van der Waals surface area contributed by atoms with Gasteiger partial charge in [0.15, 0.2) is 0 Å². The molecule has 0 aliphatic carbocycles. The van der Waals surface area contributed by atoms with Crippen molar-refractivity contribution in [3.8, 4) is 39.8 Å². The van der Waals surface area contributed by atoms with Crippen LogP contribution in [0.2, 0.25) is 0 Å². The molecule has 260 valence electrons. The SMILES string of the molecule is CC(C)(C)c1ccc(-n2nc3cc4c(cc3n2)B2c3ccc(-c5ccc6ccc7cccc8ccc5c6c78)cc3Oc3cc(C(C)(C)C)cc(c32)O4)cc1. The van der Waals surface area contributed by atoms with E-state index < -0.39 is 0 Å². The van der Waals surface area contributed by atoms with E-state index in [1.165, 1.54) is 43.4 Å². The Morgan fingerprint density at radius 2 is 1.13 bits per heavy atom. The highest BCUT2D eigenvalue weighted by molar-refractivity contribution is 6.98. The summed E-state index contributed by atoms with van der Waals surface area (Å²) in [4.78, 5) is 1.74. The molecule has 0 amide bonds. The van der Waals surface area contributed by atoms with Crippen molar-refractivity contribution in [2.45, 2.75) is 52.4 Å². The lowest BCUT2D eigenvalue weighted by molar-refractivity contribution is 0.459. The summed E-state index contributed by atoms with van der Waals surface area (Å²) in [6.07, 6.45) is 0. The van der Waals surface area contributed by atoms with E-state index in [1.807, 2.05) is 0 Å². The van der Waals surface area contributed by atoms with Crippen molar-refractivity contribution >= 4 is 66.5 Å². The van der Waals surface area contributed by atoms with Gasteiger partial charge in [-0.2, -0.15) is 4.80 Å². The van der Waals surface area contributed by atoms with Crippen molar-refractivity contribution in [1.29, 1.82) is 0 Å². The van der Waals surface area contributed by atoms with Gasteiger partial charge < -0.3 is 9.47 Å². The van der Waals surface area contributed by atoms with Gasteiger partial charge in [-0.3, -0.25) is 0 Å². The van der Waals surface area contributed by atoms with Crippen molar-refractivity contribution in [2.24, 2.45) is 0 Å². The van der Waals surface area contributed by atoms with Crippen LogP contribution in [-0.4, -0.2) is 21.7 Å². The van der Waals surface area contributed by atoms with E-state index in [0.717, 1.165) is 67.2 Å².